The normalized spacial score (nSPS) is 10.1. The van der Waals surface area contributed by atoms with Crippen molar-refractivity contribution in [1.29, 1.82) is 0 Å². The fourth-order valence-corrected chi connectivity index (χ4v) is 1.86. The first-order chi connectivity index (χ1) is 7.68. The molecule has 0 unspecified atom stereocenters. The van der Waals surface area contributed by atoms with E-state index in [1.165, 1.54) is 0 Å². The second-order valence-electron chi connectivity index (χ2n) is 3.19. The minimum Gasteiger partial charge on any atom is -0.452 e. The summed E-state index contributed by atoms with van der Waals surface area (Å²) in [6.45, 7) is 0. The predicted molar refractivity (Wildman–Crippen MR) is 70.1 cm³/mol. The molecule has 0 amide bonds. The topological polar surface area (TPSA) is 35.2 Å². The van der Waals surface area contributed by atoms with Gasteiger partial charge < -0.3 is 10.5 Å². The number of benzene rings is 2. The maximum Gasteiger partial charge on any atom is 0.168 e. The van der Waals surface area contributed by atoms with Crippen LogP contribution in [0.15, 0.2) is 46.9 Å². The predicted octanol–water partition coefficient (Wildman–Crippen LogP) is 4.48. The summed E-state index contributed by atoms with van der Waals surface area (Å²) >= 11 is 9.41. The fraction of sp³-hybridized carbons (Fsp3) is 0. The lowest BCUT2D eigenvalue weighted by molar-refractivity contribution is 0.482. The van der Waals surface area contributed by atoms with E-state index in [0.29, 0.717) is 22.2 Å². The second kappa shape index (κ2) is 4.76. The summed E-state index contributed by atoms with van der Waals surface area (Å²) in [6, 6.07) is 12.8. The van der Waals surface area contributed by atoms with Gasteiger partial charge >= 0.3 is 0 Å². The van der Waals surface area contributed by atoms with Crippen LogP contribution in [0.2, 0.25) is 5.02 Å². The van der Waals surface area contributed by atoms with E-state index < -0.39 is 0 Å². The smallest absolute Gasteiger partial charge is 0.168 e. The molecule has 16 heavy (non-hydrogen) atoms. The molecule has 2 N–H and O–H groups in total. The molecule has 0 aliphatic carbocycles. The van der Waals surface area contributed by atoms with E-state index in [9.17, 15) is 0 Å². The van der Waals surface area contributed by atoms with Crippen molar-refractivity contribution < 1.29 is 4.74 Å². The van der Waals surface area contributed by atoms with E-state index in [0.717, 1.165) is 4.47 Å². The number of para-hydroxylation sites is 2. The number of rotatable bonds is 2. The number of anilines is 1. The average Bonchev–Trinajstić information content (AvgIpc) is 2.26. The van der Waals surface area contributed by atoms with Crippen LogP contribution in [-0.2, 0) is 0 Å². The van der Waals surface area contributed by atoms with Crippen molar-refractivity contribution in [3.63, 3.8) is 0 Å². The van der Waals surface area contributed by atoms with Crippen LogP contribution in [0.4, 0.5) is 5.69 Å². The van der Waals surface area contributed by atoms with Crippen LogP contribution in [0, 0.1) is 0 Å². The molecule has 0 aliphatic rings. The number of nitrogens with two attached hydrogens (primary N) is 1. The van der Waals surface area contributed by atoms with Gasteiger partial charge in [0.1, 0.15) is 5.75 Å². The molecule has 0 heterocycles. The van der Waals surface area contributed by atoms with Gasteiger partial charge in [-0.1, -0.05) is 29.8 Å². The lowest BCUT2D eigenvalue weighted by Gasteiger charge is -2.11. The van der Waals surface area contributed by atoms with Crippen LogP contribution in [0.25, 0.3) is 0 Å². The minimum absolute atomic E-state index is 0.482. The van der Waals surface area contributed by atoms with Crippen molar-refractivity contribution in [3.8, 4) is 11.5 Å². The van der Waals surface area contributed by atoms with E-state index in [1.807, 2.05) is 24.3 Å². The summed E-state index contributed by atoms with van der Waals surface area (Å²) in [6.07, 6.45) is 0. The van der Waals surface area contributed by atoms with Gasteiger partial charge in [0.25, 0.3) is 0 Å². The van der Waals surface area contributed by atoms with Gasteiger partial charge in [-0.15, -0.1) is 0 Å². The highest BCUT2D eigenvalue weighted by Crippen LogP contribution is 2.37. The van der Waals surface area contributed by atoms with Crippen LogP contribution in [0.1, 0.15) is 0 Å². The molecule has 0 aromatic heterocycles. The highest BCUT2D eigenvalue weighted by Gasteiger charge is 2.08. The van der Waals surface area contributed by atoms with E-state index in [1.54, 1.807) is 18.2 Å². The third-order valence-electron chi connectivity index (χ3n) is 2.05. The largest absolute Gasteiger partial charge is 0.452 e. The molecule has 0 saturated carbocycles. The zero-order chi connectivity index (χ0) is 11.5. The monoisotopic (exact) mass is 297 g/mol. The summed E-state index contributed by atoms with van der Waals surface area (Å²) in [5.74, 6) is 1.17. The lowest BCUT2D eigenvalue weighted by atomic mass is 10.3. The number of halogens is 2. The summed E-state index contributed by atoms with van der Waals surface area (Å²) in [7, 11) is 0. The van der Waals surface area contributed by atoms with E-state index >= 15 is 0 Å². The molecule has 0 fully saturated rings. The Morgan fingerprint density at radius 3 is 2.50 bits per heavy atom. The molecule has 0 aliphatic heterocycles. The molecule has 0 saturated heterocycles. The summed E-state index contributed by atoms with van der Waals surface area (Å²) in [4.78, 5) is 0. The van der Waals surface area contributed by atoms with Crippen molar-refractivity contribution in [1.82, 2.24) is 0 Å². The van der Waals surface area contributed by atoms with Crippen LogP contribution >= 0.6 is 27.5 Å². The van der Waals surface area contributed by atoms with Crippen LogP contribution < -0.4 is 10.5 Å². The van der Waals surface area contributed by atoms with Crippen LogP contribution in [-0.4, -0.2) is 0 Å². The molecular formula is C12H9BrClNO. The van der Waals surface area contributed by atoms with Gasteiger partial charge in [0, 0.05) is 0 Å². The van der Waals surface area contributed by atoms with E-state index in [4.69, 9.17) is 22.1 Å². The van der Waals surface area contributed by atoms with E-state index in [2.05, 4.69) is 15.9 Å². The highest BCUT2D eigenvalue weighted by molar-refractivity contribution is 9.10. The molecule has 2 rings (SSSR count). The van der Waals surface area contributed by atoms with Gasteiger partial charge in [0.15, 0.2) is 5.75 Å². The average molecular weight is 299 g/mol. The standard InChI is InChI=1S/C12H9BrClNO/c13-8-4-1-2-7-11(8)16-12-9(14)5-3-6-10(12)15/h1-7H,15H2. The molecular weight excluding hydrogens is 289 g/mol. The zero-order valence-corrected chi connectivity index (χ0v) is 10.6. The fourth-order valence-electron chi connectivity index (χ4n) is 1.27. The van der Waals surface area contributed by atoms with Crippen molar-refractivity contribution in [2.24, 2.45) is 0 Å². The number of hydrogen-bond donors (Lipinski definition) is 1. The van der Waals surface area contributed by atoms with Gasteiger partial charge in [-0.3, -0.25) is 0 Å². The molecule has 2 nitrogen and oxygen atoms in total. The van der Waals surface area contributed by atoms with Gasteiger partial charge in [-0.25, -0.2) is 0 Å². The second-order valence-corrected chi connectivity index (χ2v) is 4.45. The molecule has 82 valence electrons. The Kier molecular flexibility index (Phi) is 3.36. The third-order valence-corrected chi connectivity index (χ3v) is 3.00. The molecule has 2 aromatic rings. The summed E-state index contributed by atoms with van der Waals surface area (Å²) < 4.78 is 6.52. The lowest BCUT2D eigenvalue weighted by Crippen LogP contribution is -1.93. The summed E-state index contributed by atoms with van der Waals surface area (Å²) in [5.41, 5.74) is 6.31. The first kappa shape index (κ1) is 11.3. The van der Waals surface area contributed by atoms with Crippen LogP contribution in [0.5, 0.6) is 11.5 Å². The third kappa shape index (κ3) is 2.31. The molecule has 0 radical (unpaired) electrons. The van der Waals surface area contributed by atoms with Crippen molar-refractivity contribution in [2.45, 2.75) is 0 Å². The zero-order valence-electron chi connectivity index (χ0n) is 8.28. The highest BCUT2D eigenvalue weighted by atomic mass is 79.9. The number of ether oxygens (including phenoxy) is 1. The van der Waals surface area contributed by atoms with E-state index in [-0.39, 0.29) is 0 Å². The van der Waals surface area contributed by atoms with Gasteiger partial charge in [-0.05, 0) is 40.2 Å². The Labute approximate surface area is 107 Å². The van der Waals surface area contributed by atoms with Gasteiger partial charge in [-0.2, -0.15) is 0 Å². The Bertz CT molecular complexity index is 496. The van der Waals surface area contributed by atoms with Gasteiger partial charge in [0.05, 0.1) is 15.2 Å². The molecule has 0 spiro atoms. The molecule has 2 aromatic carbocycles. The van der Waals surface area contributed by atoms with Crippen molar-refractivity contribution in [2.75, 3.05) is 5.73 Å². The molecule has 0 bridgehead atoms. The Morgan fingerprint density at radius 1 is 1.06 bits per heavy atom. The maximum atomic E-state index is 6.01. The maximum absolute atomic E-state index is 6.01. The van der Waals surface area contributed by atoms with Crippen molar-refractivity contribution >= 4 is 33.2 Å². The Morgan fingerprint density at radius 2 is 1.81 bits per heavy atom. The molecule has 4 heteroatoms. The quantitative estimate of drug-likeness (QED) is 0.830. The molecule has 0 atom stereocenters. The van der Waals surface area contributed by atoms with Crippen LogP contribution in [0.3, 0.4) is 0 Å². The van der Waals surface area contributed by atoms with Crippen molar-refractivity contribution in [3.05, 3.63) is 52.0 Å². The first-order valence-corrected chi connectivity index (χ1v) is 5.82. The minimum atomic E-state index is 0.482. The first-order valence-electron chi connectivity index (χ1n) is 4.65. The Hall–Kier alpha value is -1.19. The Balaban J connectivity index is 2.38. The number of hydrogen-bond acceptors (Lipinski definition) is 2. The van der Waals surface area contributed by atoms with Gasteiger partial charge in [0.2, 0.25) is 0 Å². The summed E-state index contributed by atoms with van der Waals surface area (Å²) in [5, 5.41) is 0.496. The SMILES string of the molecule is Nc1cccc(Cl)c1Oc1ccccc1Br. The number of nitrogen functional groups attached to an aromatic ring is 1.